The molecule has 0 aliphatic carbocycles. The van der Waals surface area contributed by atoms with Crippen molar-refractivity contribution in [3.63, 3.8) is 0 Å². The standard InChI is InChI=1S/C20H24F3N7/c21-20(22,23)12-27-10-14(9-24)17-11-28-19(30-7-5-16(26)6-8-30)29-18(17)13-1-3-15(25)4-2-13/h1-4,9-11,16H,5-8,12,24-26H2. The van der Waals surface area contributed by atoms with E-state index < -0.39 is 12.7 Å². The molecule has 1 aromatic heterocycles. The van der Waals surface area contributed by atoms with Gasteiger partial charge >= 0.3 is 6.18 Å². The van der Waals surface area contributed by atoms with Crippen molar-refractivity contribution in [3.8, 4) is 11.3 Å². The number of aliphatic imine (C=N–C) groups is 1. The zero-order valence-electron chi connectivity index (χ0n) is 16.3. The first-order chi connectivity index (χ1) is 14.3. The summed E-state index contributed by atoms with van der Waals surface area (Å²) in [5, 5.41) is 0. The van der Waals surface area contributed by atoms with Gasteiger partial charge in [-0.2, -0.15) is 13.2 Å². The first-order valence-corrected chi connectivity index (χ1v) is 9.49. The van der Waals surface area contributed by atoms with Gasteiger partial charge in [0, 0.05) is 60.1 Å². The predicted octanol–water partition coefficient (Wildman–Crippen LogP) is 2.59. The van der Waals surface area contributed by atoms with Crippen molar-refractivity contribution in [2.45, 2.75) is 25.1 Å². The van der Waals surface area contributed by atoms with E-state index in [1.807, 2.05) is 4.90 Å². The van der Waals surface area contributed by atoms with Crippen LogP contribution in [0.25, 0.3) is 16.8 Å². The van der Waals surface area contributed by atoms with Gasteiger partial charge in [-0.05, 0) is 25.0 Å². The van der Waals surface area contributed by atoms with Crippen LogP contribution in [0.1, 0.15) is 18.4 Å². The van der Waals surface area contributed by atoms with Crippen molar-refractivity contribution < 1.29 is 13.2 Å². The highest BCUT2D eigenvalue weighted by Gasteiger charge is 2.26. The summed E-state index contributed by atoms with van der Waals surface area (Å²) in [4.78, 5) is 14.6. The number of allylic oxidation sites excluding steroid dienone is 1. The van der Waals surface area contributed by atoms with E-state index in [4.69, 9.17) is 22.2 Å². The molecular formula is C20H24F3N7. The number of anilines is 2. The Morgan fingerprint density at radius 1 is 1.20 bits per heavy atom. The van der Waals surface area contributed by atoms with E-state index >= 15 is 0 Å². The SMILES string of the molecule is NC=C(C=NCC(F)(F)F)c1cnc(N2CCC(N)CC2)nc1-c1ccc(N)cc1. The van der Waals surface area contributed by atoms with Crippen molar-refractivity contribution >= 4 is 23.4 Å². The second kappa shape index (κ2) is 9.12. The van der Waals surface area contributed by atoms with E-state index in [1.165, 1.54) is 6.20 Å². The number of hydrogen-bond acceptors (Lipinski definition) is 7. The van der Waals surface area contributed by atoms with Crippen LogP contribution in [0.2, 0.25) is 0 Å². The van der Waals surface area contributed by atoms with Gasteiger partial charge in [0.05, 0.1) is 5.69 Å². The van der Waals surface area contributed by atoms with Gasteiger partial charge in [-0.25, -0.2) is 9.97 Å². The predicted molar refractivity (Wildman–Crippen MR) is 113 cm³/mol. The largest absolute Gasteiger partial charge is 0.407 e. The Morgan fingerprint density at radius 2 is 1.87 bits per heavy atom. The lowest BCUT2D eigenvalue weighted by atomic mass is 10.0. The number of benzene rings is 1. The van der Waals surface area contributed by atoms with Gasteiger partial charge in [-0.3, -0.25) is 4.99 Å². The molecule has 30 heavy (non-hydrogen) atoms. The third kappa shape index (κ3) is 5.47. The molecule has 0 unspecified atom stereocenters. The van der Waals surface area contributed by atoms with Crippen molar-refractivity contribution in [2.24, 2.45) is 16.5 Å². The van der Waals surface area contributed by atoms with Gasteiger partial charge < -0.3 is 22.1 Å². The van der Waals surface area contributed by atoms with Gasteiger partial charge in [-0.1, -0.05) is 12.1 Å². The van der Waals surface area contributed by atoms with E-state index in [9.17, 15) is 13.2 Å². The average molecular weight is 419 g/mol. The maximum Gasteiger partial charge on any atom is 0.407 e. The van der Waals surface area contributed by atoms with Crippen LogP contribution in [0.4, 0.5) is 24.8 Å². The van der Waals surface area contributed by atoms with E-state index in [2.05, 4.69) is 9.98 Å². The number of halogens is 3. The van der Waals surface area contributed by atoms with Gasteiger partial charge in [0.2, 0.25) is 5.95 Å². The molecule has 1 aromatic carbocycles. The van der Waals surface area contributed by atoms with Crippen LogP contribution in [-0.4, -0.2) is 48.0 Å². The fourth-order valence-corrected chi connectivity index (χ4v) is 3.15. The van der Waals surface area contributed by atoms with Gasteiger partial charge in [-0.15, -0.1) is 0 Å². The summed E-state index contributed by atoms with van der Waals surface area (Å²) in [6, 6.07) is 7.19. The van der Waals surface area contributed by atoms with Crippen LogP contribution in [0, 0.1) is 0 Å². The minimum atomic E-state index is -4.40. The molecule has 1 aliphatic heterocycles. The van der Waals surface area contributed by atoms with Crippen LogP contribution < -0.4 is 22.1 Å². The molecule has 0 radical (unpaired) electrons. The highest BCUT2D eigenvalue weighted by molar-refractivity contribution is 6.11. The third-order valence-corrected chi connectivity index (χ3v) is 4.77. The Morgan fingerprint density at radius 3 is 2.47 bits per heavy atom. The summed E-state index contributed by atoms with van der Waals surface area (Å²) in [6.45, 7) is 0.164. The summed E-state index contributed by atoms with van der Waals surface area (Å²) in [5.74, 6) is 0.529. The van der Waals surface area contributed by atoms with E-state index in [0.717, 1.165) is 37.7 Å². The molecule has 0 spiro atoms. The molecule has 0 atom stereocenters. The summed E-state index contributed by atoms with van der Waals surface area (Å²) < 4.78 is 37.4. The maximum atomic E-state index is 12.5. The molecule has 1 aliphatic rings. The molecule has 0 amide bonds. The quantitative estimate of drug-likeness (QED) is 0.506. The molecule has 160 valence electrons. The molecule has 0 bridgehead atoms. The van der Waals surface area contributed by atoms with Crippen molar-refractivity contribution in [1.82, 2.24) is 9.97 Å². The fraction of sp³-hybridized carbons (Fsp3) is 0.350. The van der Waals surface area contributed by atoms with Crippen LogP contribution in [0.3, 0.4) is 0 Å². The van der Waals surface area contributed by atoms with Gasteiger partial charge in [0.1, 0.15) is 6.54 Å². The van der Waals surface area contributed by atoms with Crippen LogP contribution in [0.15, 0.2) is 41.7 Å². The lowest BCUT2D eigenvalue weighted by molar-refractivity contribution is -0.118. The molecule has 3 rings (SSSR count). The number of hydrogen-bond donors (Lipinski definition) is 3. The van der Waals surface area contributed by atoms with Gasteiger partial charge in [0.25, 0.3) is 0 Å². The number of alkyl halides is 3. The number of nitrogens with zero attached hydrogens (tertiary/aromatic N) is 4. The first-order valence-electron chi connectivity index (χ1n) is 9.49. The summed E-state index contributed by atoms with van der Waals surface area (Å²) >= 11 is 0. The molecule has 2 heterocycles. The Bertz CT molecular complexity index is 915. The number of aromatic nitrogens is 2. The third-order valence-electron chi connectivity index (χ3n) is 4.77. The molecule has 7 nitrogen and oxygen atoms in total. The molecule has 10 heteroatoms. The fourth-order valence-electron chi connectivity index (χ4n) is 3.15. The van der Waals surface area contributed by atoms with Crippen molar-refractivity contribution in [1.29, 1.82) is 0 Å². The average Bonchev–Trinajstić information content (AvgIpc) is 2.71. The molecule has 1 saturated heterocycles. The Labute approximate surface area is 172 Å². The monoisotopic (exact) mass is 419 g/mol. The normalized spacial score (nSPS) is 16.4. The number of nitrogen functional groups attached to an aromatic ring is 1. The minimum absolute atomic E-state index is 0.161. The number of nitrogens with two attached hydrogens (primary N) is 3. The second-order valence-electron chi connectivity index (χ2n) is 7.09. The maximum absolute atomic E-state index is 12.5. The van der Waals surface area contributed by atoms with Crippen molar-refractivity contribution in [2.75, 3.05) is 30.3 Å². The molecule has 6 N–H and O–H groups in total. The minimum Gasteiger partial charge on any atom is -0.404 e. The molecule has 1 fully saturated rings. The summed E-state index contributed by atoms with van der Waals surface area (Å²) in [7, 11) is 0. The zero-order valence-corrected chi connectivity index (χ0v) is 16.3. The summed E-state index contributed by atoms with van der Waals surface area (Å²) in [5.41, 5.74) is 20.1. The molecular weight excluding hydrogens is 395 g/mol. The second-order valence-corrected chi connectivity index (χ2v) is 7.09. The van der Waals surface area contributed by atoms with Crippen LogP contribution in [-0.2, 0) is 0 Å². The van der Waals surface area contributed by atoms with Crippen LogP contribution in [0.5, 0.6) is 0 Å². The van der Waals surface area contributed by atoms with E-state index in [0.29, 0.717) is 28.5 Å². The van der Waals surface area contributed by atoms with E-state index in [1.54, 1.807) is 30.5 Å². The highest BCUT2D eigenvalue weighted by atomic mass is 19.4. The summed E-state index contributed by atoms with van der Waals surface area (Å²) in [6.07, 6.45) is 1.11. The first kappa shape index (κ1) is 21.6. The van der Waals surface area contributed by atoms with E-state index in [-0.39, 0.29) is 6.04 Å². The number of rotatable bonds is 5. The lowest BCUT2D eigenvalue weighted by Crippen LogP contribution is -2.40. The Balaban J connectivity index is 2.00. The molecule has 0 saturated carbocycles. The Hall–Kier alpha value is -3.14. The molecule has 2 aromatic rings. The Kier molecular flexibility index (Phi) is 6.56. The topological polar surface area (TPSA) is 119 Å². The smallest absolute Gasteiger partial charge is 0.404 e. The number of piperidine rings is 1. The van der Waals surface area contributed by atoms with Crippen molar-refractivity contribution in [3.05, 3.63) is 42.2 Å². The van der Waals surface area contributed by atoms with Gasteiger partial charge in [0.15, 0.2) is 0 Å². The highest BCUT2D eigenvalue weighted by Crippen LogP contribution is 2.29. The zero-order chi connectivity index (χ0) is 21.7. The van der Waals surface area contributed by atoms with Crippen LogP contribution >= 0.6 is 0 Å². The lowest BCUT2D eigenvalue weighted by Gasteiger charge is -2.30.